The van der Waals surface area contributed by atoms with E-state index < -0.39 is 0 Å². The van der Waals surface area contributed by atoms with Gasteiger partial charge in [0.15, 0.2) is 7.28 Å². The number of rotatable bonds is 10. The zero-order chi connectivity index (χ0) is 18.1. The molecule has 133 valence electrons. The van der Waals surface area contributed by atoms with Crippen LogP contribution in [0.2, 0.25) is 6.82 Å². The SMILES string of the molecule is C[B]COc1ccc([C@@H](CC)NCCc2ccc(O)c(CO)c2)cc1. The van der Waals surface area contributed by atoms with E-state index in [1.54, 1.807) is 6.07 Å². The van der Waals surface area contributed by atoms with Gasteiger partial charge in [0.05, 0.1) is 13.1 Å². The summed E-state index contributed by atoms with van der Waals surface area (Å²) in [6, 6.07) is 13.9. The normalized spacial score (nSPS) is 12.0. The lowest BCUT2D eigenvalue weighted by Crippen LogP contribution is -2.23. The van der Waals surface area contributed by atoms with Crippen LogP contribution < -0.4 is 10.1 Å². The van der Waals surface area contributed by atoms with Gasteiger partial charge in [-0.05, 0) is 54.8 Å². The molecule has 0 fully saturated rings. The van der Waals surface area contributed by atoms with Crippen LogP contribution in [-0.2, 0) is 13.0 Å². The van der Waals surface area contributed by atoms with Gasteiger partial charge in [0.1, 0.15) is 11.5 Å². The number of phenols is 1. The zero-order valence-electron chi connectivity index (χ0n) is 15.0. The maximum atomic E-state index is 9.62. The minimum absolute atomic E-state index is 0.144. The van der Waals surface area contributed by atoms with Gasteiger partial charge in [0, 0.05) is 11.6 Å². The predicted molar refractivity (Wildman–Crippen MR) is 102 cm³/mol. The molecular weight excluding hydrogens is 313 g/mol. The number of aliphatic hydroxyl groups excluding tert-OH is 1. The maximum absolute atomic E-state index is 9.62. The van der Waals surface area contributed by atoms with Crippen LogP contribution in [0, 0.1) is 0 Å². The van der Waals surface area contributed by atoms with E-state index in [1.807, 2.05) is 38.4 Å². The third-order valence-corrected chi connectivity index (χ3v) is 4.23. The smallest absolute Gasteiger partial charge is 0.158 e. The van der Waals surface area contributed by atoms with E-state index in [9.17, 15) is 10.2 Å². The summed E-state index contributed by atoms with van der Waals surface area (Å²) in [5, 5.41) is 22.4. The molecule has 2 aromatic rings. The summed E-state index contributed by atoms with van der Waals surface area (Å²) >= 11 is 0. The van der Waals surface area contributed by atoms with Gasteiger partial charge in [-0.25, -0.2) is 0 Å². The summed E-state index contributed by atoms with van der Waals surface area (Å²) in [4.78, 5) is 0. The van der Waals surface area contributed by atoms with Crippen molar-refractivity contribution in [3.05, 3.63) is 59.2 Å². The predicted octanol–water partition coefficient (Wildman–Crippen LogP) is 3.26. The summed E-state index contributed by atoms with van der Waals surface area (Å²) < 4.78 is 5.58. The minimum Gasteiger partial charge on any atom is -0.508 e. The Morgan fingerprint density at radius 2 is 1.92 bits per heavy atom. The van der Waals surface area contributed by atoms with E-state index in [2.05, 4.69) is 24.4 Å². The van der Waals surface area contributed by atoms with Gasteiger partial charge in [-0.3, -0.25) is 0 Å². The molecule has 2 aromatic carbocycles. The van der Waals surface area contributed by atoms with Gasteiger partial charge in [-0.15, -0.1) is 0 Å². The lowest BCUT2D eigenvalue weighted by molar-refractivity contribution is 0.275. The first-order valence-electron chi connectivity index (χ1n) is 8.83. The van der Waals surface area contributed by atoms with Crippen molar-refractivity contribution in [2.45, 2.75) is 39.2 Å². The van der Waals surface area contributed by atoms with E-state index in [-0.39, 0.29) is 12.4 Å². The summed E-state index contributed by atoms with van der Waals surface area (Å²) in [7, 11) is 1.98. The Morgan fingerprint density at radius 1 is 1.16 bits per heavy atom. The van der Waals surface area contributed by atoms with Gasteiger partial charge in [-0.1, -0.05) is 31.9 Å². The van der Waals surface area contributed by atoms with Crippen molar-refractivity contribution in [3.8, 4) is 11.5 Å². The highest BCUT2D eigenvalue weighted by Crippen LogP contribution is 2.21. The number of aliphatic hydroxyl groups is 1. The fraction of sp³-hybridized carbons (Fsp3) is 0.400. The van der Waals surface area contributed by atoms with E-state index in [1.165, 1.54) is 5.56 Å². The Kier molecular flexibility index (Phi) is 7.83. The van der Waals surface area contributed by atoms with Gasteiger partial charge in [-0.2, -0.15) is 0 Å². The first-order chi connectivity index (χ1) is 12.2. The second kappa shape index (κ2) is 10.1. The van der Waals surface area contributed by atoms with Crippen molar-refractivity contribution in [3.63, 3.8) is 0 Å². The monoisotopic (exact) mass is 340 g/mol. The quantitative estimate of drug-likeness (QED) is 0.581. The molecule has 25 heavy (non-hydrogen) atoms. The average Bonchev–Trinajstić information content (AvgIpc) is 2.65. The van der Waals surface area contributed by atoms with Crippen molar-refractivity contribution in [1.29, 1.82) is 0 Å². The van der Waals surface area contributed by atoms with Gasteiger partial charge in [0.25, 0.3) is 0 Å². The fourth-order valence-corrected chi connectivity index (χ4v) is 2.79. The van der Waals surface area contributed by atoms with Crippen LogP contribution in [0.4, 0.5) is 0 Å². The highest BCUT2D eigenvalue weighted by Gasteiger charge is 2.09. The standard InChI is InChI=1S/C20H27BNO3/c1-3-19(16-5-7-18(8-6-16)25-14-21-2)22-11-10-15-4-9-20(24)17(12-15)13-23/h4-9,12,19,22-24H,3,10-11,13-14H2,1-2H3/t19-/m1/s1. The molecular formula is C20H27BNO3. The van der Waals surface area contributed by atoms with E-state index in [4.69, 9.17) is 4.74 Å². The second-order valence-electron chi connectivity index (χ2n) is 6.07. The van der Waals surface area contributed by atoms with Crippen molar-refractivity contribution in [1.82, 2.24) is 5.32 Å². The summed E-state index contributed by atoms with van der Waals surface area (Å²) in [6.07, 6.45) is 1.84. The summed E-state index contributed by atoms with van der Waals surface area (Å²) in [5.41, 5.74) is 2.92. The van der Waals surface area contributed by atoms with Gasteiger partial charge >= 0.3 is 0 Å². The number of aromatic hydroxyl groups is 1. The molecule has 0 aliphatic heterocycles. The molecule has 0 bridgehead atoms. The molecule has 0 spiro atoms. The lowest BCUT2D eigenvalue weighted by atomic mass is 9.85. The molecule has 0 aromatic heterocycles. The van der Waals surface area contributed by atoms with Crippen molar-refractivity contribution in [2.24, 2.45) is 0 Å². The zero-order valence-corrected chi connectivity index (χ0v) is 15.0. The number of nitrogens with one attached hydrogen (secondary N) is 1. The minimum atomic E-state index is -0.144. The van der Waals surface area contributed by atoms with E-state index >= 15 is 0 Å². The Balaban J connectivity index is 1.89. The molecule has 3 N–H and O–H groups in total. The van der Waals surface area contributed by atoms with Crippen molar-refractivity contribution >= 4 is 7.28 Å². The first-order valence-corrected chi connectivity index (χ1v) is 8.83. The third-order valence-electron chi connectivity index (χ3n) is 4.23. The van der Waals surface area contributed by atoms with Crippen LogP contribution in [-0.4, -0.2) is 30.5 Å². The molecule has 0 aliphatic rings. The van der Waals surface area contributed by atoms with Gasteiger partial charge in [0.2, 0.25) is 0 Å². The van der Waals surface area contributed by atoms with Crippen molar-refractivity contribution < 1.29 is 14.9 Å². The Bertz CT molecular complexity index is 646. The van der Waals surface area contributed by atoms with Crippen LogP contribution >= 0.6 is 0 Å². The topological polar surface area (TPSA) is 61.7 Å². The number of hydrogen-bond acceptors (Lipinski definition) is 4. The number of hydrogen-bond donors (Lipinski definition) is 3. The van der Waals surface area contributed by atoms with E-state index in [0.29, 0.717) is 18.1 Å². The number of ether oxygens (including phenoxy) is 1. The van der Waals surface area contributed by atoms with Crippen LogP contribution in [0.15, 0.2) is 42.5 Å². The molecule has 1 radical (unpaired) electrons. The van der Waals surface area contributed by atoms with Gasteiger partial charge < -0.3 is 20.3 Å². The summed E-state index contributed by atoms with van der Waals surface area (Å²) in [6.45, 7) is 5.45. The second-order valence-corrected chi connectivity index (χ2v) is 6.07. The largest absolute Gasteiger partial charge is 0.508 e. The Morgan fingerprint density at radius 3 is 2.56 bits per heavy atom. The summed E-state index contributed by atoms with van der Waals surface area (Å²) in [5.74, 6) is 1.03. The Hall–Kier alpha value is -1.98. The molecule has 0 saturated heterocycles. The molecule has 2 rings (SSSR count). The van der Waals surface area contributed by atoms with Crippen LogP contribution in [0.5, 0.6) is 11.5 Å². The average molecular weight is 340 g/mol. The molecule has 0 heterocycles. The highest BCUT2D eigenvalue weighted by atomic mass is 16.5. The lowest BCUT2D eigenvalue weighted by Gasteiger charge is -2.18. The van der Waals surface area contributed by atoms with Crippen LogP contribution in [0.25, 0.3) is 0 Å². The molecule has 0 saturated carbocycles. The van der Waals surface area contributed by atoms with Crippen LogP contribution in [0.1, 0.15) is 36.1 Å². The molecule has 4 nitrogen and oxygen atoms in total. The van der Waals surface area contributed by atoms with Crippen LogP contribution in [0.3, 0.4) is 0 Å². The molecule has 1 atom stereocenters. The molecule has 5 heteroatoms. The first kappa shape index (κ1) is 19.4. The Labute approximate surface area is 151 Å². The molecule has 0 aliphatic carbocycles. The van der Waals surface area contributed by atoms with Crippen molar-refractivity contribution in [2.75, 3.05) is 13.1 Å². The molecule has 0 amide bonds. The maximum Gasteiger partial charge on any atom is 0.158 e. The van der Waals surface area contributed by atoms with E-state index in [0.717, 1.165) is 30.7 Å². The third kappa shape index (κ3) is 5.80. The fourth-order valence-electron chi connectivity index (χ4n) is 2.79. The highest BCUT2D eigenvalue weighted by molar-refractivity contribution is 6.33. The molecule has 0 unspecified atom stereocenters. The number of benzene rings is 2.